The smallest absolute Gasteiger partial charge is 0.139 e. The predicted octanol–water partition coefficient (Wildman–Crippen LogP) is 6.86. The highest BCUT2D eigenvalue weighted by Crippen LogP contribution is 2.42. The third-order valence-electron chi connectivity index (χ3n) is 4.32. The van der Waals surface area contributed by atoms with E-state index in [2.05, 4.69) is 20.8 Å². The summed E-state index contributed by atoms with van der Waals surface area (Å²) in [5, 5.41) is 2.04. The molecule has 3 aromatic carbocycles. The summed E-state index contributed by atoms with van der Waals surface area (Å²) in [7, 11) is 0. The molecule has 1 nitrogen and oxygen atoms in total. The summed E-state index contributed by atoms with van der Waals surface area (Å²) in [6.45, 7) is 7.92. The van der Waals surface area contributed by atoms with Crippen LogP contribution in [0.3, 0.4) is 0 Å². The molecular weight excluding hydrogens is 292 g/mol. The number of fused-ring (bicyclic) bond motifs is 3. The van der Waals surface area contributed by atoms with Crippen molar-refractivity contribution in [3.63, 3.8) is 0 Å². The first kappa shape index (κ1) is 11.1. The van der Waals surface area contributed by atoms with Gasteiger partial charge in [-0.1, -0.05) is 74.8 Å². The van der Waals surface area contributed by atoms with Crippen LogP contribution < -0.4 is 0 Å². The van der Waals surface area contributed by atoms with E-state index in [9.17, 15) is 0 Å². The summed E-state index contributed by atoms with van der Waals surface area (Å²) in [6, 6.07) is 11.6. The highest BCUT2D eigenvalue weighted by molar-refractivity contribution is 6.07. The van der Waals surface area contributed by atoms with Gasteiger partial charge in [0.15, 0.2) is 0 Å². The van der Waals surface area contributed by atoms with Gasteiger partial charge in [-0.15, -0.1) is 0 Å². The van der Waals surface area contributed by atoms with Crippen LogP contribution in [-0.4, -0.2) is 0 Å². The number of para-hydroxylation sites is 1. The minimum Gasteiger partial charge on any atom is -0.456 e. The molecule has 0 aliphatic carbocycles. The summed E-state index contributed by atoms with van der Waals surface area (Å²) in [5.41, 5.74) is 3.70. The second-order valence-corrected chi connectivity index (χ2v) is 7.21. The van der Waals surface area contributed by atoms with Gasteiger partial charge in [-0.3, -0.25) is 0 Å². The highest BCUT2D eigenvalue weighted by Gasteiger charge is 2.25. The lowest BCUT2D eigenvalue weighted by Gasteiger charge is -2.23. The van der Waals surface area contributed by atoms with Gasteiger partial charge in [-0.25, -0.2) is 0 Å². The molecule has 0 saturated carbocycles. The van der Waals surface area contributed by atoms with E-state index in [-0.39, 0.29) is 29.6 Å². The minimum atomic E-state index is -0.308. The molecule has 1 heteroatoms. The number of rotatable bonds is 1. The lowest BCUT2D eigenvalue weighted by atomic mass is 9.80. The fraction of sp³-hybridized carbons (Fsp3) is 0.217. The molecule has 0 atom stereocenters. The molecule has 0 radical (unpaired) electrons. The van der Waals surface area contributed by atoms with Crippen LogP contribution in [0.25, 0.3) is 33.1 Å². The number of hydrogen-bond acceptors (Lipinski definition) is 1. The Morgan fingerprint density at radius 1 is 0.958 bits per heavy atom. The molecule has 0 saturated heterocycles. The van der Waals surface area contributed by atoms with Crippen molar-refractivity contribution in [2.75, 3.05) is 0 Å². The lowest BCUT2D eigenvalue weighted by molar-refractivity contribution is 0.574. The zero-order valence-corrected chi connectivity index (χ0v) is 14.4. The molecule has 1 heterocycles. The van der Waals surface area contributed by atoms with Crippen LogP contribution in [0.4, 0.5) is 0 Å². The van der Waals surface area contributed by atoms with Crippen molar-refractivity contribution in [2.24, 2.45) is 0 Å². The molecule has 0 bridgehead atoms. The van der Waals surface area contributed by atoms with E-state index >= 15 is 0 Å². The van der Waals surface area contributed by atoms with Crippen molar-refractivity contribution in [2.45, 2.75) is 33.1 Å². The van der Waals surface area contributed by atoms with Crippen LogP contribution in [0.5, 0.6) is 0 Å². The van der Waals surface area contributed by atoms with Crippen LogP contribution in [0.1, 0.15) is 37.4 Å². The van der Waals surface area contributed by atoms with Gasteiger partial charge in [0.25, 0.3) is 0 Å². The minimum absolute atomic E-state index is 0.0547. The Morgan fingerprint density at radius 2 is 1.75 bits per heavy atom. The fourth-order valence-corrected chi connectivity index (χ4v) is 3.31. The Hall–Kier alpha value is -2.54. The van der Waals surface area contributed by atoms with Crippen LogP contribution in [-0.2, 0) is 5.41 Å². The second kappa shape index (κ2) is 5.24. The third-order valence-corrected chi connectivity index (χ3v) is 4.32. The van der Waals surface area contributed by atoms with Crippen LogP contribution >= 0.6 is 0 Å². The van der Waals surface area contributed by atoms with Crippen molar-refractivity contribution in [1.29, 1.82) is 0 Å². The Labute approximate surface area is 148 Å². The Kier molecular flexibility index (Phi) is 2.42. The maximum Gasteiger partial charge on any atom is 0.139 e. The second-order valence-electron chi connectivity index (χ2n) is 7.21. The summed E-state index contributed by atoms with van der Waals surface area (Å²) < 4.78 is 39.5. The molecule has 0 aliphatic heterocycles. The molecule has 4 aromatic rings. The van der Waals surface area contributed by atoms with Crippen LogP contribution in [0.15, 0.2) is 65.0 Å². The van der Waals surface area contributed by atoms with E-state index in [0.29, 0.717) is 11.1 Å². The number of benzene rings is 3. The van der Waals surface area contributed by atoms with Gasteiger partial charge in [-0.05, 0) is 35.6 Å². The first-order valence-corrected chi connectivity index (χ1v) is 8.15. The molecule has 0 unspecified atom stereocenters. The van der Waals surface area contributed by atoms with E-state index in [1.54, 1.807) is 6.92 Å². The molecule has 0 fully saturated rings. The van der Waals surface area contributed by atoms with Gasteiger partial charge >= 0.3 is 0 Å². The van der Waals surface area contributed by atoms with E-state index in [1.807, 2.05) is 36.4 Å². The molecule has 4 rings (SSSR count). The zero-order chi connectivity index (χ0) is 20.4. The van der Waals surface area contributed by atoms with E-state index in [4.69, 9.17) is 9.90 Å². The van der Waals surface area contributed by atoms with Gasteiger partial charge in [0.1, 0.15) is 11.2 Å². The maximum absolute atomic E-state index is 8.57. The third kappa shape index (κ3) is 2.32. The van der Waals surface area contributed by atoms with Crippen LogP contribution in [0, 0.1) is 6.92 Å². The monoisotopic (exact) mass is 318 g/mol. The highest BCUT2D eigenvalue weighted by atomic mass is 16.3. The molecule has 0 amide bonds. The van der Waals surface area contributed by atoms with Crippen molar-refractivity contribution >= 4 is 21.9 Å². The standard InChI is InChI=1S/C23H22O/c1-15-8-7-9-16(14-15)17-12-13-19-18-10-5-6-11-20(18)24-22(19)21(17)23(2,3)4/h5-14H,1-4H3/i7D,8D,9D,14D. The predicted molar refractivity (Wildman–Crippen MR) is 103 cm³/mol. The molecular formula is C23H22O. The Morgan fingerprint density at radius 3 is 2.54 bits per heavy atom. The molecule has 0 aliphatic rings. The SMILES string of the molecule is [2H]c1c([2H])c(C)c([2H])c(-c2ccc3c(oc4ccccc43)c2C(C)(C)C)c1[2H]. The van der Waals surface area contributed by atoms with E-state index in [1.165, 1.54) is 0 Å². The topological polar surface area (TPSA) is 13.1 Å². The van der Waals surface area contributed by atoms with E-state index in [0.717, 1.165) is 33.1 Å². The van der Waals surface area contributed by atoms with Gasteiger partial charge in [0, 0.05) is 16.3 Å². The summed E-state index contributed by atoms with van der Waals surface area (Å²) in [6.07, 6.45) is 0. The average molecular weight is 318 g/mol. The molecule has 0 spiro atoms. The number of hydrogen-bond donors (Lipinski definition) is 0. The van der Waals surface area contributed by atoms with Gasteiger partial charge in [0.2, 0.25) is 0 Å². The zero-order valence-electron chi connectivity index (χ0n) is 18.4. The van der Waals surface area contributed by atoms with Crippen molar-refractivity contribution in [1.82, 2.24) is 0 Å². The lowest BCUT2D eigenvalue weighted by Crippen LogP contribution is -2.13. The van der Waals surface area contributed by atoms with Crippen molar-refractivity contribution in [3.05, 3.63) is 71.7 Å². The quantitative estimate of drug-likeness (QED) is 0.373. The largest absolute Gasteiger partial charge is 0.456 e. The van der Waals surface area contributed by atoms with Crippen LogP contribution in [0.2, 0.25) is 0 Å². The average Bonchev–Trinajstić information content (AvgIpc) is 3.02. The van der Waals surface area contributed by atoms with Gasteiger partial charge < -0.3 is 4.42 Å². The molecule has 0 N–H and O–H groups in total. The first-order valence-electron chi connectivity index (χ1n) is 10.1. The normalized spacial score (nSPS) is 14.5. The fourth-order valence-electron chi connectivity index (χ4n) is 3.31. The molecule has 24 heavy (non-hydrogen) atoms. The Balaban J connectivity index is 2.19. The molecule has 120 valence electrons. The first-order chi connectivity index (χ1) is 13.1. The summed E-state index contributed by atoms with van der Waals surface area (Å²) in [4.78, 5) is 0. The number of furan rings is 1. The van der Waals surface area contributed by atoms with Gasteiger partial charge in [0.05, 0.1) is 5.48 Å². The van der Waals surface area contributed by atoms with Crippen molar-refractivity contribution in [3.8, 4) is 11.1 Å². The Bertz CT molecular complexity index is 1220. The van der Waals surface area contributed by atoms with E-state index < -0.39 is 0 Å². The summed E-state index contributed by atoms with van der Waals surface area (Å²) >= 11 is 0. The molecule has 1 aromatic heterocycles. The van der Waals surface area contributed by atoms with Gasteiger partial charge in [-0.2, -0.15) is 0 Å². The summed E-state index contributed by atoms with van der Waals surface area (Å²) in [5.74, 6) is 0. The maximum atomic E-state index is 8.57. The van der Waals surface area contributed by atoms with Crippen molar-refractivity contribution < 1.29 is 9.90 Å².